The van der Waals surface area contributed by atoms with Crippen molar-refractivity contribution >= 4 is 16.6 Å². The maximum atomic E-state index is 6.29. The molecule has 112 valence electrons. The molecule has 22 heavy (non-hydrogen) atoms. The fourth-order valence-electron chi connectivity index (χ4n) is 2.84. The van der Waals surface area contributed by atoms with E-state index in [0.717, 1.165) is 48.0 Å². The van der Waals surface area contributed by atoms with Crippen LogP contribution in [0, 0.1) is 0 Å². The number of benzene rings is 1. The Balaban J connectivity index is 1.73. The number of fused-ring (bicyclic) bond motifs is 1. The first-order valence-corrected chi connectivity index (χ1v) is 7.50. The number of nitrogens with zero attached hydrogens (tertiary/aromatic N) is 4. The van der Waals surface area contributed by atoms with Crippen molar-refractivity contribution < 1.29 is 4.74 Å². The maximum absolute atomic E-state index is 6.29. The summed E-state index contributed by atoms with van der Waals surface area (Å²) in [5.41, 5.74) is 9.49. The molecule has 1 saturated heterocycles. The zero-order valence-electron chi connectivity index (χ0n) is 12.1. The van der Waals surface area contributed by atoms with Crippen LogP contribution in [-0.2, 0) is 4.74 Å². The first-order valence-electron chi connectivity index (χ1n) is 7.50. The fourth-order valence-corrected chi connectivity index (χ4v) is 2.84. The van der Waals surface area contributed by atoms with Gasteiger partial charge in [0.1, 0.15) is 5.69 Å². The minimum absolute atomic E-state index is 0.0640. The molecule has 3 heterocycles. The minimum atomic E-state index is -0.0640. The highest BCUT2D eigenvalue weighted by atomic mass is 16.5. The molecule has 2 aromatic heterocycles. The van der Waals surface area contributed by atoms with Crippen LogP contribution < -0.4 is 5.73 Å². The number of pyridine rings is 1. The van der Waals surface area contributed by atoms with Crippen molar-refractivity contribution in [2.24, 2.45) is 0 Å². The number of anilines is 1. The Kier molecular flexibility index (Phi) is 3.23. The monoisotopic (exact) mass is 295 g/mol. The smallest absolute Gasteiger partial charge is 0.169 e. The molecule has 3 aromatic rings. The van der Waals surface area contributed by atoms with E-state index in [4.69, 9.17) is 10.5 Å². The second kappa shape index (κ2) is 5.38. The summed E-state index contributed by atoms with van der Waals surface area (Å²) in [5, 5.41) is 9.83. The van der Waals surface area contributed by atoms with E-state index >= 15 is 0 Å². The van der Waals surface area contributed by atoms with E-state index in [9.17, 15) is 0 Å². The molecule has 1 aromatic carbocycles. The van der Waals surface area contributed by atoms with Crippen molar-refractivity contribution in [1.29, 1.82) is 0 Å². The van der Waals surface area contributed by atoms with Crippen molar-refractivity contribution in [3.8, 4) is 11.3 Å². The van der Waals surface area contributed by atoms with Gasteiger partial charge in [0.15, 0.2) is 6.23 Å². The Labute approximate surface area is 127 Å². The molecule has 4 rings (SSSR count). The van der Waals surface area contributed by atoms with Crippen LogP contribution in [-0.4, -0.2) is 26.6 Å². The number of aromatic nitrogens is 4. The van der Waals surface area contributed by atoms with Crippen LogP contribution in [0.25, 0.3) is 22.2 Å². The third kappa shape index (κ3) is 2.21. The van der Waals surface area contributed by atoms with Gasteiger partial charge in [0, 0.05) is 23.8 Å². The SMILES string of the molecule is Nc1c(-c2cnn(C3CCCCO3)n2)ccc2ncccc12. The van der Waals surface area contributed by atoms with Crippen molar-refractivity contribution in [1.82, 2.24) is 20.0 Å². The van der Waals surface area contributed by atoms with E-state index < -0.39 is 0 Å². The van der Waals surface area contributed by atoms with E-state index in [0.29, 0.717) is 5.69 Å². The van der Waals surface area contributed by atoms with Crippen LogP contribution in [0.3, 0.4) is 0 Å². The fraction of sp³-hybridized carbons (Fsp3) is 0.312. The Morgan fingerprint density at radius 2 is 2.18 bits per heavy atom. The molecule has 1 aliphatic rings. The first kappa shape index (κ1) is 13.2. The van der Waals surface area contributed by atoms with Gasteiger partial charge in [-0.2, -0.15) is 15.0 Å². The molecule has 0 saturated carbocycles. The lowest BCUT2D eigenvalue weighted by atomic mass is 10.1. The molecule has 6 heteroatoms. The summed E-state index contributed by atoms with van der Waals surface area (Å²) in [6.07, 6.45) is 6.64. The number of hydrogen-bond donors (Lipinski definition) is 1. The first-order chi connectivity index (χ1) is 10.8. The number of nitrogen functional groups attached to an aromatic ring is 1. The summed E-state index contributed by atoms with van der Waals surface area (Å²) in [6, 6.07) is 7.75. The van der Waals surface area contributed by atoms with Gasteiger partial charge in [-0.05, 0) is 43.5 Å². The number of ether oxygens (including phenoxy) is 1. The third-order valence-corrected chi connectivity index (χ3v) is 4.02. The van der Waals surface area contributed by atoms with Crippen LogP contribution in [0.1, 0.15) is 25.5 Å². The summed E-state index contributed by atoms with van der Waals surface area (Å²) in [6.45, 7) is 0.769. The molecule has 0 amide bonds. The average molecular weight is 295 g/mol. The average Bonchev–Trinajstić information content (AvgIpc) is 3.06. The van der Waals surface area contributed by atoms with Crippen LogP contribution >= 0.6 is 0 Å². The Hall–Kier alpha value is -2.47. The van der Waals surface area contributed by atoms with Crippen LogP contribution in [0.5, 0.6) is 0 Å². The number of hydrogen-bond acceptors (Lipinski definition) is 5. The molecule has 1 fully saturated rings. The lowest BCUT2D eigenvalue weighted by Gasteiger charge is -2.21. The zero-order valence-corrected chi connectivity index (χ0v) is 12.1. The van der Waals surface area contributed by atoms with Crippen LogP contribution in [0.15, 0.2) is 36.7 Å². The predicted molar refractivity (Wildman–Crippen MR) is 84.0 cm³/mol. The molecule has 1 unspecified atom stereocenters. The third-order valence-electron chi connectivity index (χ3n) is 4.02. The topological polar surface area (TPSA) is 78.8 Å². The Morgan fingerprint density at radius 1 is 1.23 bits per heavy atom. The van der Waals surface area contributed by atoms with Crippen LogP contribution in [0.2, 0.25) is 0 Å². The number of nitrogens with two attached hydrogens (primary N) is 1. The summed E-state index contributed by atoms with van der Waals surface area (Å²) in [7, 11) is 0. The number of rotatable bonds is 2. The van der Waals surface area contributed by atoms with Crippen molar-refractivity contribution in [3.63, 3.8) is 0 Å². The van der Waals surface area contributed by atoms with Gasteiger partial charge in [-0.3, -0.25) is 4.98 Å². The van der Waals surface area contributed by atoms with Gasteiger partial charge in [-0.25, -0.2) is 0 Å². The lowest BCUT2D eigenvalue weighted by molar-refractivity contribution is -0.0479. The maximum Gasteiger partial charge on any atom is 0.169 e. The van der Waals surface area contributed by atoms with Gasteiger partial charge >= 0.3 is 0 Å². The quantitative estimate of drug-likeness (QED) is 0.735. The molecule has 1 atom stereocenters. The molecule has 2 N–H and O–H groups in total. The highest BCUT2D eigenvalue weighted by Gasteiger charge is 2.19. The highest BCUT2D eigenvalue weighted by molar-refractivity contribution is 5.97. The van der Waals surface area contributed by atoms with E-state index in [1.165, 1.54) is 0 Å². The van der Waals surface area contributed by atoms with Crippen molar-refractivity contribution in [2.75, 3.05) is 12.3 Å². The Morgan fingerprint density at radius 3 is 3.05 bits per heavy atom. The predicted octanol–water partition coefficient (Wildman–Crippen LogP) is 2.77. The molecule has 6 nitrogen and oxygen atoms in total. The van der Waals surface area contributed by atoms with Gasteiger partial charge in [-0.15, -0.1) is 0 Å². The molecule has 0 aliphatic carbocycles. The van der Waals surface area contributed by atoms with E-state index in [1.54, 1.807) is 17.2 Å². The molecular weight excluding hydrogens is 278 g/mol. The normalized spacial score (nSPS) is 18.6. The Bertz CT molecular complexity index is 807. The minimum Gasteiger partial charge on any atom is -0.398 e. The molecular formula is C16H17N5O. The summed E-state index contributed by atoms with van der Waals surface area (Å²) in [5.74, 6) is 0. The molecule has 0 bridgehead atoms. The summed E-state index contributed by atoms with van der Waals surface area (Å²) >= 11 is 0. The lowest BCUT2D eigenvalue weighted by Crippen LogP contribution is -2.20. The second-order valence-electron chi connectivity index (χ2n) is 5.47. The molecule has 0 radical (unpaired) electrons. The van der Waals surface area contributed by atoms with E-state index in [1.807, 2.05) is 24.3 Å². The van der Waals surface area contributed by atoms with Gasteiger partial charge in [0.2, 0.25) is 0 Å². The van der Waals surface area contributed by atoms with Crippen molar-refractivity contribution in [3.05, 3.63) is 36.7 Å². The largest absolute Gasteiger partial charge is 0.398 e. The summed E-state index contributed by atoms with van der Waals surface area (Å²) < 4.78 is 5.71. The highest BCUT2D eigenvalue weighted by Crippen LogP contribution is 2.31. The second-order valence-corrected chi connectivity index (χ2v) is 5.47. The van der Waals surface area contributed by atoms with E-state index in [2.05, 4.69) is 15.2 Å². The summed E-state index contributed by atoms with van der Waals surface area (Å²) in [4.78, 5) is 5.97. The molecule has 0 spiro atoms. The van der Waals surface area contributed by atoms with Crippen LogP contribution in [0.4, 0.5) is 5.69 Å². The van der Waals surface area contributed by atoms with Gasteiger partial charge in [0.25, 0.3) is 0 Å². The van der Waals surface area contributed by atoms with Gasteiger partial charge < -0.3 is 10.5 Å². The van der Waals surface area contributed by atoms with Crippen molar-refractivity contribution in [2.45, 2.75) is 25.5 Å². The standard InChI is InChI=1S/C16H17N5O/c17-16-11-4-3-8-18-13(11)7-6-12(16)14-10-19-21(20-14)15-5-1-2-9-22-15/h3-4,6-8,10,15H,1-2,5,9,17H2. The van der Waals surface area contributed by atoms with E-state index in [-0.39, 0.29) is 6.23 Å². The molecule has 1 aliphatic heterocycles. The van der Waals surface area contributed by atoms with Gasteiger partial charge in [0.05, 0.1) is 17.4 Å². The zero-order chi connectivity index (χ0) is 14.9. The van der Waals surface area contributed by atoms with Gasteiger partial charge in [-0.1, -0.05) is 0 Å².